The second kappa shape index (κ2) is 3.09. The first-order chi connectivity index (χ1) is 6.56. The second-order valence-corrected chi connectivity index (χ2v) is 4.84. The second-order valence-electron chi connectivity index (χ2n) is 3.17. The Hall–Kier alpha value is -0.830. The Kier molecular flexibility index (Phi) is 2.14. The number of hydrogen-bond donors (Lipinski definition) is 1. The fourth-order valence-electron chi connectivity index (χ4n) is 1.28. The highest BCUT2D eigenvalue weighted by molar-refractivity contribution is 7.56. The van der Waals surface area contributed by atoms with Gasteiger partial charge >= 0.3 is 8.17 Å². The molecule has 77 valence electrons. The zero-order chi connectivity index (χ0) is 10.3. The van der Waals surface area contributed by atoms with Crippen molar-refractivity contribution >= 4 is 8.17 Å². The molecular weight excluding hydrogens is 203 g/mol. The summed E-state index contributed by atoms with van der Waals surface area (Å²) >= 11 is 0. The van der Waals surface area contributed by atoms with Gasteiger partial charge in [-0.1, -0.05) is 6.07 Å². The van der Waals surface area contributed by atoms with Crippen LogP contribution in [0.1, 0.15) is 11.1 Å². The van der Waals surface area contributed by atoms with Gasteiger partial charge in [-0.15, -0.1) is 0 Å². The lowest BCUT2D eigenvalue weighted by atomic mass is 10.1. The topological polar surface area (TPSA) is 47.9 Å². The van der Waals surface area contributed by atoms with E-state index in [1.54, 1.807) is 6.07 Å². The molecule has 0 aromatic heterocycles. The van der Waals surface area contributed by atoms with E-state index in [1.165, 1.54) is 7.11 Å². The molecule has 1 radical (unpaired) electrons. The summed E-state index contributed by atoms with van der Waals surface area (Å²) in [6.07, 6.45) is 0. The lowest BCUT2D eigenvalue weighted by Gasteiger charge is -2.17. The summed E-state index contributed by atoms with van der Waals surface area (Å²) in [5.74, 6) is 1.13. The van der Waals surface area contributed by atoms with Gasteiger partial charge in [0.1, 0.15) is 0 Å². The monoisotopic (exact) mass is 215 g/mol. The minimum absolute atomic E-state index is 0.547. The maximum absolute atomic E-state index is 9.68. The summed E-state index contributed by atoms with van der Waals surface area (Å²) in [5, 5.41) is 0. The number of aryl methyl sites for hydroxylation is 1. The van der Waals surface area contributed by atoms with Crippen molar-refractivity contribution in [1.82, 2.24) is 0 Å². The average Bonchev–Trinajstić information content (AvgIpc) is 2.51. The molecule has 2 rings (SSSR count). The Labute approximate surface area is 83.1 Å². The minimum atomic E-state index is -3.13. The van der Waals surface area contributed by atoms with Crippen molar-refractivity contribution in [3.63, 3.8) is 0 Å². The highest BCUT2D eigenvalue weighted by atomic mass is 31.2. The van der Waals surface area contributed by atoms with Crippen molar-refractivity contribution in [2.24, 2.45) is 0 Å². The van der Waals surface area contributed by atoms with E-state index in [0.29, 0.717) is 11.5 Å². The molecule has 1 N–H and O–H groups in total. The van der Waals surface area contributed by atoms with Crippen LogP contribution in [0.4, 0.5) is 0 Å². The van der Waals surface area contributed by atoms with Crippen LogP contribution in [0.3, 0.4) is 0 Å². The van der Waals surface area contributed by atoms with Gasteiger partial charge in [-0.05, 0) is 31.0 Å². The van der Waals surface area contributed by atoms with E-state index in [2.05, 4.69) is 0 Å². The highest BCUT2D eigenvalue weighted by Crippen LogP contribution is 2.65. The molecule has 0 saturated carbocycles. The van der Waals surface area contributed by atoms with Gasteiger partial charge in [0.2, 0.25) is 0 Å². The van der Waals surface area contributed by atoms with Gasteiger partial charge < -0.3 is 9.05 Å². The van der Waals surface area contributed by atoms with Gasteiger partial charge in [-0.3, -0.25) is 9.42 Å². The molecule has 1 aromatic rings. The molecule has 1 aliphatic heterocycles. The number of rotatable bonds is 1. The predicted octanol–water partition coefficient (Wildman–Crippen LogP) is 2.39. The van der Waals surface area contributed by atoms with E-state index in [4.69, 9.17) is 13.6 Å². The molecule has 1 atom stereocenters. The molecule has 1 unspecified atom stereocenters. The van der Waals surface area contributed by atoms with Crippen molar-refractivity contribution in [3.05, 3.63) is 23.3 Å². The van der Waals surface area contributed by atoms with E-state index in [9.17, 15) is 4.89 Å². The predicted molar refractivity (Wildman–Crippen MR) is 53.3 cm³/mol. The molecule has 0 bridgehead atoms. The van der Waals surface area contributed by atoms with Crippen LogP contribution in [0.25, 0.3) is 0 Å². The Morgan fingerprint density at radius 2 is 2.00 bits per heavy atom. The first kappa shape index (κ1) is 9.71. The molecule has 0 saturated heterocycles. The van der Waals surface area contributed by atoms with E-state index >= 15 is 0 Å². The third-order valence-electron chi connectivity index (χ3n) is 2.29. The summed E-state index contributed by atoms with van der Waals surface area (Å²) in [6, 6.07) is 3.69. The molecule has 5 heteroatoms. The maximum atomic E-state index is 9.68. The summed E-state index contributed by atoms with van der Waals surface area (Å²) in [7, 11) is -1.77. The van der Waals surface area contributed by atoms with E-state index in [0.717, 1.165) is 11.1 Å². The number of fused-ring (bicyclic) bond motifs is 1. The van der Waals surface area contributed by atoms with E-state index in [-0.39, 0.29) is 0 Å². The molecule has 0 fully saturated rings. The third-order valence-corrected chi connectivity index (χ3v) is 3.59. The largest absolute Gasteiger partial charge is 0.491 e. The van der Waals surface area contributed by atoms with Crippen LogP contribution in [-0.2, 0) is 4.52 Å². The standard InChI is InChI=1S/C9H12O4P/c1-6-4-5-8-9(7(6)2)13-14(10,11-3)12-8/h4-5,10H,1-3H3. The van der Waals surface area contributed by atoms with Crippen LogP contribution in [0.5, 0.6) is 11.5 Å². The van der Waals surface area contributed by atoms with Crippen molar-refractivity contribution in [2.45, 2.75) is 13.8 Å². The fraction of sp³-hybridized carbons (Fsp3) is 0.333. The van der Waals surface area contributed by atoms with E-state index < -0.39 is 8.17 Å². The molecular formula is C9H12O4P. The van der Waals surface area contributed by atoms with Crippen molar-refractivity contribution in [3.8, 4) is 11.5 Å². The van der Waals surface area contributed by atoms with Gasteiger partial charge in [0, 0.05) is 7.11 Å². The molecule has 1 heterocycles. The number of hydrogen-bond acceptors (Lipinski definition) is 4. The van der Waals surface area contributed by atoms with Crippen LogP contribution < -0.4 is 9.05 Å². The van der Waals surface area contributed by atoms with Crippen LogP contribution in [0, 0.1) is 13.8 Å². The summed E-state index contributed by atoms with van der Waals surface area (Å²) in [6.45, 7) is 3.89. The average molecular weight is 215 g/mol. The molecule has 0 spiro atoms. The summed E-state index contributed by atoms with van der Waals surface area (Å²) in [4.78, 5) is 9.68. The van der Waals surface area contributed by atoms with Gasteiger partial charge in [-0.2, -0.15) is 0 Å². The van der Waals surface area contributed by atoms with Crippen LogP contribution >= 0.6 is 8.17 Å². The number of benzene rings is 1. The normalized spacial score (nSPS) is 24.0. The molecule has 1 aromatic carbocycles. The van der Waals surface area contributed by atoms with Crippen molar-refractivity contribution in [1.29, 1.82) is 0 Å². The van der Waals surface area contributed by atoms with Gasteiger partial charge in [0.25, 0.3) is 0 Å². The molecule has 4 nitrogen and oxygen atoms in total. The van der Waals surface area contributed by atoms with Gasteiger partial charge in [0.15, 0.2) is 11.5 Å². The molecule has 0 aliphatic carbocycles. The Morgan fingerprint density at radius 3 is 2.64 bits per heavy atom. The quantitative estimate of drug-likeness (QED) is 0.730. The van der Waals surface area contributed by atoms with Crippen molar-refractivity contribution < 1.29 is 18.5 Å². The molecule has 0 amide bonds. The Balaban J connectivity index is 2.45. The lowest BCUT2D eigenvalue weighted by molar-refractivity contribution is 0.234. The minimum Gasteiger partial charge on any atom is -0.402 e. The zero-order valence-electron chi connectivity index (χ0n) is 8.27. The summed E-state index contributed by atoms with van der Waals surface area (Å²) < 4.78 is 15.3. The molecule has 1 aliphatic rings. The van der Waals surface area contributed by atoms with Crippen LogP contribution in [0.15, 0.2) is 12.1 Å². The zero-order valence-corrected chi connectivity index (χ0v) is 9.17. The fourth-order valence-corrected chi connectivity index (χ4v) is 2.32. The van der Waals surface area contributed by atoms with Crippen molar-refractivity contribution in [2.75, 3.05) is 7.11 Å². The van der Waals surface area contributed by atoms with E-state index in [1.807, 2.05) is 19.9 Å². The smallest absolute Gasteiger partial charge is 0.402 e. The van der Waals surface area contributed by atoms with Gasteiger partial charge in [0.05, 0.1) is 0 Å². The summed E-state index contributed by atoms with van der Waals surface area (Å²) in [5.41, 5.74) is 2.06. The lowest BCUT2D eigenvalue weighted by Crippen LogP contribution is -2.02. The van der Waals surface area contributed by atoms with Crippen LogP contribution in [-0.4, -0.2) is 12.0 Å². The Morgan fingerprint density at radius 1 is 1.29 bits per heavy atom. The van der Waals surface area contributed by atoms with Crippen LogP contribution in [0.2, 0.25) is 0 Å². The Bertz CT molecular complexity index is 379. The third kappa shape index (κ3) is 1.36. The molecule has 14 heavy (non-hydrogen) atoms. The first-order valence-electron chi connectivity index (χ1n) is 4.22. The SMILES string of the molecule is CO[P]1(O)Oc2ccc(C)c(C)c2O1. The van der Waals surface area contributed by atoms with Gasteiger partial charge in [-0.25, -0.2) is 0 Å². The first-order valence-corrected chi connectivity index (χ1v) is 5.72. The highest BCUT2D eigenvalue weighted by Gasteiger charge is 2.41. The maximum Gasteiger partial charge on any atom is 0.491 e.